The normalized spacial score (nSPS) is 20.0. The molecule has 5 aromatic rings. The van der Waals surface area contributed by atoms with Crippen molar-refractivity contribution in [2.75, 3.05) is 36.4 Å². The largest absolute Gasteiger partial charge is 0.490 e. The van der Waals surface area contributed by atoms with E-state index in [1.807, 2.05) is 36.2 Å². The van der Waals surface area contributed by atoms with Gasteiger partial charge in [0.1, 0.15) is 22.9 Å². The fourth-order valence-corrected chi connectivity index (χ4v) is 8.51. The number of hydrogen-bond donors (Lipinski definition) is 2. The number of carbonyl (C=O) groups excluding carboxylic acids is 3. The number of nitrogens with zero attached hydrogens (tertiary/aromatic N) is 7. The standard InChI is InChI=1S/C41H47F2N9O4/c1-24(2)56-34-20-36-45-32(23-51(36)22-30(34)40(54)46-35-6-4-5-31(44-35)38(42)43)27-9-7-25(8-10-27)21-50-16-13-26(14-17-50)28-11-12-29-33(19-28)49(3)48-39(29)52-18-15-37(53)47-41(52)55/h4-6,11-12,19-20,22-27,38H,7-10,13-18,21H2,1-3H3,(H,44,46,54)(H,47,53,55)/t25-,27-. The number of aryl methyl sites for hydroxylation is 1. The summed E-state index contributed by atoms with van der Waals surface area (Å²) in [6.45, 7) is 7.28. The second-order valence-corrected chi connectivity index (χ2v) is 15.6. The van der Waals surface area contributed by atoms with Crippen LogP contribution < -0.4 is 20.3 Å². The number of likely N-dealkylation sites (tertiary alicyclic amines) is 1. The summed E-state index contributed by atoms with van der Waals surface area (Å²) < 4.78 is 36.1. The zero-order valence-electron chi connectivity index (χ0n) is 31.9. The quantitative estimate of drug-likeness (QED) is 0.152. The molecule has 0 atom stereocenters. The molecule has 1 aromatic carbocycles. The Morgan fingerprint density at radius 2 is 1.75 bits per heavy atom. The van der Waals surface area contributed by atoms with Gasteiger partial charge in [-0.05, 0) is 107 Å². The third-order valence-electron chi connectivity index (χ3n) is 11.4. The molecule has 56 heavy (non-hydrogen) atoms. The van der Waals surface area contributed by atoms with Crippen LogP contribution in [-0.4, -0.2) is 79.2 Å². The lowest BCUT2D eigenvalue weighted by Crippen LogP contribution is -2.49. The second kappa shape index (κ2) is 15.6. The highest BCUT2D eigenvalue weighted by atomic mass is 19.3. The summed E-state index contributed by atoms with van der Waals surface area (Å²) in [6.07, 6.45) is 7.52. The highest BCUT2D eigenvalue weighted by molar-refractivity contribution is 6.09. The van der Waals surface area contributed by atoms with E-state index in [1.165, 1.54) is 23.8 Å². The van der Waals surface area contributed by atoms with Crippen LogP contribution in [0.1, 0.15) is 104 Å². The van der Waals surface area contributed by atoms with Crippen molar-refractivity contribution >= 4 is 46.0 Å². The molecular formula is C41H47F2N9O4. The Hall–Kier alpha value is -5.44. The van der Waals surface area contributed by atoms with Crippen LogP contribution in [0.25, 0.3) is 16.6 Å². The molecule has 0 unspecified atom stereocenters. The maximum absolute atomic E-state index is 13.4. The minimum Gasteiger partial charge on any atom is -0.490 e. The summed E-state index contributed by atoms with van der Waals surface area (Å²) in [5.74, 6) is 1.64. The lowest BCUT2D eigenvalue weighted by Gasteiger charge is -2.36. The van der Waals surface area contributed by atoms with Gasteiger partial charge in [0.15, 0.2) is 5.82 Å². The molecule has 0 spiro atoms. The van der Waals surface area contributed by atoms with Crippen LogP contribution in [0.3, 0.4) is 0 Å². The van der Waals surface area contributed by atoms with Crippen LogP contribution in [0.2, 0.25) is 0 Å². The van der Waals surface area contributed by atoms with Crippen LogP contribution in [-0.2, 0) is 11.8 Å². The molecule has 1 saturated carbocycles. The summed E-state index contributed by atoms with van der Waals surface area (Å²) >= 11 is 0. The van der Waals surface area contributed by atoms with E-state index in [0.29, 0.717) is 41.5 Å². The van der Waals surface area contributed by atoms with Gasteiger partial charge in [-0.2, -0.15) is 5.10 Å². The second-order valence-electron chi connectivity index (χ2n) is 15.6. The molecule has 0 radical (unpaired) electrons. The number of urea groups is 1. The minimum atomic E-state index is -2.74. The van der Waals surface area contributed by atoms with Gasteiger partial charge in [-0.3, -0.25) is 24.5 Å². The van der Waals surface area contributed by atoms with Crippen LogP contribution in [0.4, 0.5) is 25.2 Å². The number of benzene rings is 1. The molecule has 3 aliphatic rings. The molecule has 15 heteroatoms. The van der Waals surface area contributed by atoms with Crippen LogP contribution in [0, 0.1) is 5.92 Å². The molecular weight excluding hydrogens is 721 g/mol. The number of imidazole rings is 1. The first kappa shape index (κ1) is 37.5. The van der Waals surface area contributed by atoms with Gasteiger partial charge in [0.05, 0.1) is 22.9 Å². The zero-order chi connectivity index (χ0) is 39.1. The Morgan fingerprint density at radius 1 is 0.964 bits per heavy atom. The maximum Gasteiger partial charge on any atom is 0.329 e. The molecule has 2 aliphatic heterocycles. The molecule has 8 rings (SSSR count). The Kier molecular flexibility index (Phi) is 10.4. The number of hydrogen-bond acceptors (Lipinski definition) is 8. The first-order chi connectivity index (χ1) is 27.0. The number of imide groups is 1. The van der Waals surface area contributed by atoms with E-state index < -0.39 is 24.1 Å². The first-order valence-corrected chi connectivity index (χ1v) is 19.5. The highest BCUT2D eigenvalue weighted by Gasteiger charge is 2.31. The predicted octanol–water partition coefficient (Wildman–Crippen LogP) is 7.19. The number of pyridine rings is 2. The van der Waals surface area contributed by atoms with E-state index in [0.717, 1.165) is 74.8 Å². The van der Waals surface area contributed by atoms with Crippen molar-refractivity contribution < 1.29 is 27.9 Å². The monoisotopic (exact) mass is 767 g/mol. The smallest absolute Gasteiger partial charge is 0.329 e. The topological polar surface area (TPSA) is 139 Å². The van der Waals surface area contributed by atoms with Crippen LogP contribution >= 0.6 is 0 Å². The fraction of sp³-hybridized carbons (Fsp3) is 0.463. The van der Waals surface area contributed by atoms with Crippen LogP contribution in [0.15, 0.2) is 54.9 Å². The molecule has 294 valence electrons. The van der Waals surface area contributed by atoms with Gasteiger partial charge < -0.3 is 19.4 Å². The van der Waals surface area contributed by atoms with Crippen molar-refractivity contribution in [3.8, 4) is 5.75 Å². The summed E-state index contributed by atoms with van der Waals surface area (Å²) in [6, 6.07) is 11.9. The average molecular weight is 768 g/mol. The molecule has 2 saturated heterocycles. The molecule has 1 aliphatic carbocycles. The van der Waals surface area contributed by atoms with Crippen LogP contribution in [0.5, 0.6) is 5.75 Å². The van der Waals surface area contributed by atoms with Gasteiger partial charge >= 0.3 is 6.03 Å². The molecule has 6 heterocycles. The average Bonchev–Trinajstić information content (AvgIpc) is 3.75. The van der Waals surface area contributed by atoms with Crippen molar-refractivity contribution in [1.82, 2.24) is 34.4 Å². The van der Waals surface area contributed by atoms with E-state index in [4.69, 9.17) is 9.72 Å². The van der Waals surface area contributed by atoms with E-state index in [-0.39, 0.29) is 29.8 Å². The number of anilines is 2. The number of halogens is 2. The van der Waals surface area contributed by atoms with Gasteiger partial charge in [-0.15, -0.1) is 0 Å². The predicted molar refractivity (Wildman–Crippen MR) is 207 cm³/mol. The third-order valence-corrected chi connectivity index (χ3v) is 11.4. The molecule has 13 nitrogen and oxygen atoms in total. The summed E-state index contributed by atoms with van der Waals surface area (Å²) in [5.41, 5.74) is 3.82. The Labute approximate surface area is 323 Å². The van der Waals surface area contributed by atoms with Crippen molar-refractivity contribution in [3.05, 3.63) is 77.4 Å². The van der Waals surface area contributed by atoms with Gasteiger partial charge in [-0.1, -0.05) is 12.1 Å². The van der Waals surface area contributed by atoms with Crippen molar-refractivity contribution in [1.29, 1.82) is 0 Å². The summed E-state index contributed by atoms with van der Waals surface area (Å²) in [4.78, 5) is 50.5. The molecule has 3 fully saturated rings. The number of nitrogens with one attached hydrogen (secondary N) is 2. The fourth-order valence-electron chi connectivity index (χ4n) is 8.51. The lowest BCUT2D eigenvalue weighted by atomic mass is 9.80. The molecule has 2 N–H and O–H groups in total. The number of fused-ring (bicyclic) bond motifs is 2. The van der Waals surface area contributed by atoms with E-state index in [1.54, 1.807) is 17.2 Å². The van der Waals surface area contributed by atoms with E-state index in [2.05, 4.69) is 43.8 Å². The third kappa shape index (κ3) is 7.81. The van der Waals surface area contributed by atoms with E-state index >= 15 is 0 Å². The Balaban J connectivity index is 0.866. The Bertz CT molecular complexity index is 2270. The number of aromatic nitrogens is 5. The van der Waals surface area contributed by atoms with E-state index in [9.17, 15) is 23.2 Å². The number of piperidine rings is 1. The van der Waals surface area contributed by atoms with Gasteiger partial charge in [0.25, 0.3) is 12.3 Å². The highest BCUT2D eigenvalue weighted by Crippen LogP contribution is 2.38. The molecule has 0 bridgehead atoms. The van der Waals surface area contributed by atoms with Gasteiger partial charge in [0, 0.05) is 56.3 Å². The number of carbonyl (C=O) groups is 3. The number of rotatable bonds is 10. The van der Waals surface area contributed by atoms with Crippen molar-refractivity contribution in [3.63, 3.8) is 0 Å². The SMILES string of the molecule is CC(C)Oc1cc2nc([C@H]3CC[C@H](CN4CCC(c5ccc6c(N7CCC(=O)NC7=O)nn(C)c6c5)CC4)CC3)cn2cc1C(=O)Nc1cccc(C(F)F)n1. The first-order valence-electron chi connectivity index (χ1n) is 19.5. The Morgan fingerprint density at radius 3 is 2.48 bits per heavy atom. The van der Waals surface area contributed by atoms with Gasteiger partial charge in [0.2, 0.25) is 5.91 Å². The molecule has 4 aromatic heterocycles. The number of ether oxygens (including phenoxy) is 1. The minimum absolute atomic E-state index is 0.0422. The van der Waals surface area contributed by atoms with Gasteiger partial charge in [-0.25, -0.2) is 23.5 Å². The zero-order valence-corrected chi connectivity index (χ0v) is 31.9. The lowest BCUT2D eigenvalue weighted by molar-refractivity contribution is -0.120. The van der Waals surface area contributed by atoms with Crippen molar-refractivity contribution in [2.24, 2.45) is 13.0 Å². The summed E-state index contributed by atoms with van der Waals surface area (Å²) in [5, 5.41) is 10.6. The maximum atomic E-state index is 13.4. The summed E-state index contributed by atoms with van der Waals surface area (Å²) in [7, 11) is 1.90. The molecule has 4 amide bonds. The number of alkyl halides is 2. The van der Waals surface area contributed by atoms with Crippen molar-refractivity contribution in [2.45, 2.75) is 83.2 Å². The number of amides is 4.